The Hall–Kier alpha value is -2.55. The van der Waals surface area contributed by atoms with E-state index in [2.05, 4.69) is 22.8 Å². The lowest BCUT2D eigenvalue weighted by atomic mass is 10.1. The highest BCUT2D eigenvalue weighted by Gasteiger charge is 2.22. The van der Waals surface area contributed by atoms with E-state index in [4.69, 9.17) is 4.74 Å². The molecule has 0 unspecified atom stereocenters. The van der Waals surface area contributed by atoms with Gasteiger partial charge in [-0.25, -0.2) is 0 Å². The van der Waals surface area contributed by atoms with E-state index in [1.807, 2.05) is 24.3 Å². The first-order chi connectivity index (χ1) is 10.8. The zero-order chi connectivity index (χ0) is 15.1. The molecule has 3 heteroatoms. The minimum Gasteiger partial charge on any atom is -0.497 e. The molecule has 0 amide bonds. The quantitative estimate of drug-likeness (QED) is 0.684. The maximum absolute atomic E-state index is 11.1. The van der Waals surface area contributed by atoms with Gasteiger partial charge in [-0.1, -0.05) is 0 Å². The lowest BCUT2D eigenvalue weighted by molar-refractivity contribution is 0.112. The van der Waals surface area contributed by atoms with Crippen LogP contribution in [-0.4, -0.2) is 18.0 Å². The van der Waals surface area contributed by atoms with Gasteiger partial charge in [0.15, 0.2) is 0 Å². The molecule has 110 valence electrons. The minimum atomic E-state index is 0.745. The standard InChI is InChI=1S/C19H17NO2/c1-22-15-8-6-14(7-9-15)20-18-4-2-3-16(18)17-11-13(12-21)5-10-19(17)20/h5-12H,2-4H2,1H3. The Bertz CT molecular complexity index is 859. The molecule has 4 rings (SSSR count). The number of fused-ring (bicyclic) bond motifs is 3. The summed E-state index contributed by atoms with van der Waals surface area (Å²) in [5.74, 6) is 0.861. The third-order valence-electron chi connectivity index (χ3n) is 4.51. The van der Waals surface area contributed by atoms with Crippen LogP contribution in [0.3, 0.4) is 0 Å². The van der Waals surface area contributed by atoms with Crippen LogP contribution < -0.4 is 4.74 Å². The third kappa shape index (κ3) is 1.86. The molecule has 0 fully saturated rings. The van der Waals surface area contributed by atoms with Crippen LogP contribution in [0.2, 0.25) is 0 Å². The molecule has 0 radical (unpaired) electrons. The Balaban J connectivity index is 1.98. The lowest BCUT2D eigenvalue weighted by Crippen LogP contribution is -1.98. The molecule has 1 aliphatic carbocycles. The van der Waals surface area contributed by atoms with E-state index in [1.165, 1.54) is 28.6 Å². The summed E-state index contributed by atoms with van der Waals surface area (Å²) in [6.07, 6.45) is 4.29. The molecular formula is C19H17NO2. The van der Waals surface area contributed by atoms with E-state index in [0.29, 0.717) is 0 Å². The SMILES string of the molecule is COc1ccc(-n2c3c(c4cc(C=O)ccc42)CCC3)cc1. The number of hydrogen-bond donors (Lipinski definition) is 0. The van der Waals surface area contributed by atoms with E-state index in [9.17, 15) is 4.79 Å². The van der Waals surface area contributed by atoms with E-state index < -0.39 is 0 Å². The van der Waals surface area contributed by atoms with Gasteiger partial charge in [-0.05, 0) is 67.3 Å². The molecule has 0 saturated carbocycles. The van der Waals surface area contributed by atoms with Crippen molar-refractivity contribution in [2.24, 2.45) is 0 Å². The number of methoxy groups -OCH3 is 1. The van der Waals surface area contributed by atoms with Gasteiger partial charge in [-0.15, -0.1) is 0 Å². The zero-order valence-electron chi connectivity index (χ0n) is 12.5. The zero-order valence-corrected chi connectivity index (χ0v) is 12.5. The molecule has 0 aliphatic heterocycles. The molecule has 2 aromatic carbocycles. The number of carbonyl (C=O) groups is 1. The van der Waals surface area contributed by atoms with Crippen molar-refractivity contribution in [1.82, 2.24) is 4.57 Å². The summed E-state index contributed by atoms with van der Waals surface area (Å²) in [6.45, 7) is 0. The van der Waals surface area contributed by atoms with Crippen LogP contribution in [0.25, 0.3) is 16.6 Å². The Morgan fingerprint density at radius 3 is 2.64 bits per heavy atom. The van der Waals surface area contributed by atoms with Crippen molar-refractivity contribution in [3.8, 4) is 11.4 Å². The lowest BCUT2D eigenvalue weighted by Gasteiger charge is -2.10. The Morgan fingerprint density at radius 1 is 1.09 bits per heavy atom. The summed E-state index contributed by atoms with van der Waals surface area (Å²) in [5, 5.41) is 1.22. The summed E-state index contributed by atoms with van der Waals surface area (Å²) < 4.78 is 7.57. The van der Waals surface area contributed by atoms with Crippen molar-refractivity contribution in [2.75, 3.05) is 7.11 Å². The van der Waals surface area contributed by atoms with Crippen LogP contribution in [0.5, 0.6) is 5.75 Å². The largest absolute Gasteiger partial charge is 0.497 e. The van der Waals surface area contributed by atoms with Gasteiger partial charge < -0.3 is 9.30 Å². The Morgan fingerprint density at radius 2 is 1.91 bits per heavy atom. The van der Waals surface area contributed by atoms with E-state index in [1.54, 1.807) is 7.11 Å². The van der Waals surface area contributed by atoms with Crippen molar-refractivity contribution >= 4 is 17.2 Å². The average molecular weight is 291 g/mol. The first-order valence-corrected chi connectivity index (χ1v) is 7.57. The molecule has 0 atom stereocenters. The smallest absolute Gasteiger partial charge is 0.150 e. The number of nitrogens with zero attached hydrogens (tertiary/aromatic N) is 1. The highest BCUT2D eigenvalue weighted by Crippen LogP contribution is 2.36. The first kappa shape index (κ1) is 13.1. The molecular weight excluding hydrogens is 274 g/mol. The van der Waals surface area contributed by atoms with Gasteiger partial charge in [-0.2, -0.15) is 0 Å². The van der Waals surface area contributed by atoms with Crippen LogP contribution in [0.4, 0.5) is 0 Å². The van der Waals surface area contributed by atoms with Gasteiger partial charge in [0.05, 0.1) is 12.6 Å². The monoisotopic (exact) mass is 291 g/mol. The first-order valence-electron chi connectivity index (χ1n) is 7.57. The molecule has 22 heavy (non-hydrogen) atoms. The minimum absolute atomic E-state index is 0.745. The number of ether oxygens (including phenoxy) is 1. The summed E-state index contributed by atoms with van der Waals surface area (Å²) in [5.41, 5.74) is 5.85. The van der Waals surface area contributed by atoms with Crippen LogP contribution in [0.15, 0.2) is 42.5 Å². The van der Waals surface area contributed by atoms with Gasteiger partial charge >= 0.3 is 0 Å². The fourth-order valence-corrected chi connectivity index (χ4v) is 3.50. The molecule has 1 heterocycles. The number of benzene rings is 2. The third-order valence-corrected chi connectivity index (χ3v) is 4.51. The molecule has 3 nitrogen and oxygen atoms in total. The van der Waals surface area contributed by atoms with E-state index in [-0.39, 0.29) is 0 Å². The summed E-state index contributed by atoms with van der Waals surface area (Å²) >= 11 is 0. The van der Waals surface area contributed by atoms with Crippen molar-refractivity contribution in [2.45, 2.75) is 19.3 Å². The Labute approximate surface area is 129 Å². The molecule has 3 aromatic rings. The summed E-state index contributed by atoms with van der Waals surface area (Å²) in [4.78, 5) is 11.1. The molecule has 1 aromatic heterocycles. The van der Waals surface area contributed by atoms with Crippen LogP contribution in [0.1, 0.15) is 28.0 Å². The number of rotatable bonds is 3. The molecule has 1 aliphatic rings. The predicted molar refractivity (Wildman–Crippen MR) is 87.2 cm³/mol. The van der Waals surface area contributed by atoms with E-state index >= 15 is 0 Å². The second-order valence-electron chi connectivity index (χ2n) is 5.71. The van der Waals surface area contributed by atoms with Gasteiger partial charge in [0.2, 0.25) is 0 Å². The van der Waals surface area contributed by atoms with Gasteiger partial charge in [0.25, 0.3) is 0 Å². The fourth-order valence-electron chi connectivity index (χ4n) is 3.50. The number of aldehydes is 1. The predicted octanol–water partition coefficient (Wildman–Crippen LogP) is 3.94. The summed E-state index contributed by atoms with van der Waals surface area (Å²) in [7, 11) is 1.68. The number of aromatic nitrogens is 1. The van der Waals surface area contributed by atoms with E-state index in [0.717, 1.165) is 36.1 Å². The maximum atomic E-state index is 11.1. The van der Waals surface area contributed by atoms with Crippen LogP contribution in [0, 0.1) is 0 Å². The molecule has 0 bridgehead atoms. The van der Waals surface area contributed by atoms with Gasteiger partial charge in [-0.3, -0.25) is 4.79 Å². The topological polar surface area (TPSA) is 31.2 Å². The average Bonchev–Trinajstić information content (AvgIpc) is 3.15. The van der Waals surface area contributed by atoms with Crippen LogP contribution >= 0.6 is 0 Å². The number of carbonyl (C=O) groups excluding carboxylic acids is 1. The van der Waals surface area contributed by atoms with Gasteiger partial charge in [0.1, 0.15) is 12.0 Å². The highest BCUT2D eigenvalue weighted by molar-refractivity contribution is 5.92. The normalized spacial score (nSPS) is 13.3. The van der Waals surface area contributed by atoms with Crippen molar-refractivity contribution in [1.29, 1.82) is 0 Å². The van der Waals surface area contributed by atoms with Crippen molar-refractivity contribution in [3.05, 3.63) is 59.3 Å². The number of hydrogen-bond acceptors (Lipinski definition) is 2. The summed E-state index contributed by atoms with van der Waals surface area (Å²) in [6, 6.07) is 14.1. The van der Waals surface area contributed by atoms with Crippen LogP contribution in [-0.2, 0) is 12.8 Å². The fraction of sp³-hybridized carbons (Fsp3) is 0.211. The highest BCUT2D eigenvalue weighted by atomic mass is 16.5. The van der Waals surface area contributed by atoms with Crippen molar-refractivity contribution in [3.63, 3.8) is 0 Å². The van der Waals surface area contributed by atoms with Crippen molar-refractivity contribution < 1.29 is 9.53 Å². The molecule has 0 spiro atoms. The molecule has 0 saturated heterocycles. The second kappa shape index (κ2) is 5.02. The second-order valence-corrected chi connectivity index (χ2v) is 5.71. The molecule has 0 N–H and O–H groups in total. The Kier molecular flexibility index (Phi) is 3.00. The maximum Gasteiger partial charge on any atom is 0.150 e. The van der Waals surface area contributed by atoms with Gasteiger partial charge in [0, 0.05) is 22.3 Å². The number of aryl methyl sites for hydroxylation is 1.